The number of nitrogens with zero attached hydrogens (tertiary/aromatic N) is 1. The summed E-state index contributed by atoms with van der Waals surface area (Å²) in [6, 6.07) is 13.3. The maximum atomic E-state index is 12.5. The van der Waals surface area contributed by atoms with Crippen molar-refractivity contribution in [3.63, 3.8) is 0 Å². The standard InChI is InChI=1S/C22H23F2N3O3/c23-22(24)30-19-9-2-1-6-16(19)10-11-20(28)26-17-7-3-5-15(13-17)14-27-12-4-8-18(27)21(25)29/h1-3,5-7,9-11,13,18,22H,4,8,12,14H2,(H2,25,29)(H,26,28)/b11-10+. The first-order valence-electron chi connectivity index (χ1n) is 9.57. The van der Waals surface area contributed by atoms with Crippen LogP contribution in [0.1, 0.15) is 24.0 Å². The van der Waals surface area contributed by atoms with Crippen LogP contribution in [0.15, 0.2) is 54.6 Å². The highest BCUT2D eigenvalue weighted by Gasteiger charge is 2.28. The van der Waals surface area contributed by atoms with Gasteiger partial charge in [-0.3, -0.25) is 14.5 Å². The van der Waals surface area contributed by atoms with Gasteiger partial charge in [-0.05, 0) is 49.2 Å². The van der Waals surface area contributed by atoms with Gasteiger partial charge in [-0.25, -0.2) is 0 Å². The van der Waals surface area contributed by atoms with Crippen molar-refractivity contribution in [2.45, 2.75) is 32.0 Å². The van der Waals surface area contributed by atoms with Crippen molar-refractivity contribution in [3.05, 3.63) is 65.7 Å². The molecule has 0 radical (unpaired) electrons. The average molecular weight is 415 g/mol. The molecular formula is C22H23F2N3O3. The van der Waals surface area contributed by atoms with Crippen molar-refractivity contribution in [1.82, 2.24) is 4.90 Å². The van der Waals surface area contributed by atoms with Gasteiger partial charge in [-0.15, -0.1) is 0 Å². The number of nitrogens with one attached hydrogen (secondary N) is 1. The summed E-state index contributed by atoms with van der Waals surface area (Å²) >= 11 is 0. The minimum atomic E-state index is -2.94. The molecule has 158 valence electrons. The number of carbonyl (C=O) groups excluding carboxylic acids is 2. The van der Waals surface area contributed by atoms with Gasteiger partial charge in [0.1, 0.15) is 5.75 Å². The lowest BCUT2D eigenvalue weighted by atomic mass is 10.1. The van der Waals surface area contributed by atoms with E-state index in [0.717, 1.165) is 24.9 Å². The fourth-order valence-corrected chi connectivity index (χ4v) is 3.49. The van der Waals surface area contributed by atoms with E-state index in [2.05, 4.69) is 10.1 Å². The van der Waals surface area contributed by atoms with Gasteiger partial charge in [-0.2, -0.15) is 8.78 Å². The first-order valence-corrected chi connectivity index (χ1v) is 9.57. The SMILES string of the molecule is NC(=O)C1CCCN1Cc1cccc(NC(=O)/C=C/c2ccccc2OC(F)F)c1. The van der Waals surface area contributed by atoms with E-state index < -0.39 is 12.5 Å². The Balaban J connectivity index is 1.63. The fraction of sp³-hybridized carbons (Fsp3) is 0.273. The predicted octanol–water partition coefficient (Wildman–Crippen LogP) is 3.39. The maximum absolute atomic E-state index is 12.5. The quantitative estimate of drug-likeness (QED) is 0.648. The molecule has 0 aliphatic carbocycles. The monoisotopic (exact) mass is 415 g/mol. The molecule has 1 aliphatic heterocycles. The van der Waals surface area contributed by atoms with Crippen LogP contribution in [0.2, 0.25) is 0 Å². The van der Waals surface area contributed by atoms with Gasteiger partial charge in [0.25, 0.3) is 0 Å². The molecule has 6 nitrogen and oxygen atoms in total. The molecule has 3 N–H and O–H groups in total. The zero-order valence-electron chi connectivity index (χ0n) is 16.3. The van der Waals surface area contributed by atoms with E-state index in [1.807, 2.05) is 23.1 Å². The molecule has 30 heavy (non-hydrogen) atoms. The van der Waals surface area contributed by atoms with Gasteiger partial charge in [0.2, 0.25) is 11.8 Å². The minimum absolute atomic E-state index is 0.00633. The highest BCUT2D eigenvalue weighted by atomic mass is 19.3. The predicted molar refractivity (Wildman–Crippen MR) is 110 cm³/mol. The number of ether oxygens (including phenoxy) is 1. The molecule has 0 spiro atoms. The Morgan fingerprint density at radius 2 is 2.03 bits per heavy atom. The van der Waals surface area contributed by atoms with E-state index >= 15 is 0 Å². The van der Waals surface area contributed by atoms with Crippen molar-refractivity contribution in [1.29, 1.82) is 0 Å². The molecule has 1 unspecified atom stereocenters. The normalized spacial score (nSPS) is 16.8. The number of anilines is 1. The summed E-state index contributed by atoms with van der Waals surface area (Å²) in [5.74, 6) is -0.735. The highest BCUT2D eigenvalue weighted by molar-refractivity contribution is 6.02. The Bertz CT molecular complexity index is 933. The largest absolute Gasteiger partial charge is 0.434 e. The number of carbonyl (C=O) groups is 2. The van der Waals surface area contributed by atoms with Crippen LogP contribution in [0.3, 0.4) is 0 Å². The number of halogens is 2. The summed E-state index contributed by atoms with van der Waals surface area (Å²) in [5, 5.41) is 2.75. The Labute approximate surface area is 173 Å². The maximum Gasteiger partial charge on any atom is 0.387 e. The molecule has 2 amide bonds. The Morgan fingerprint density at radius 1 is 1.23 bits per heavy atom. The Hall–Kier alpha value is -3.26. The third-order valence-electron chi connectivity index (χ3n) is 4.82. The molecule has 1 atom stereocenters. The summed E-state index contributed by atoms with van der Waals surface area (Å²) in [6.07, 6.45) is 4.35. The van der Waals surface area contributed by atoms with Gasteiger partial charge >= 0.3 is 6.61 Å². The van der Waals surface area contributed by atoms with E-state index in [1.54, 1.807) is 24.3 Å². The highest BCUT2D eigenvalue weighted by Crippen LogP contribution is 2.23. The zero-order valence-corrected chi connectivity index (χ0v) is 16.3. The molecule has 1 heterocycles. The van der Waals surface area contributed by atoms with Crippen molar-refractivity contribution in [2.24, 2.45) is 5.73 Å². The van der Waals surface area contributed by atoms with Gasteiger partial charge < -0.3 is 15.8 Å². The first-order chi connectivity index (χ1) is 14.4. The summed E-state index contributed by atoms with van der Waals surface area (Å²) < 4.78 is 29.4. The third kappa shape index (κ3) is 5.87. The summed E-state index contributed by atoms with van der Waals surface area (Å²) in [5.41, 5.74) is 7.37. The van der Waals surface area contributed by atoms with E-state index in [1.165, 1.54) is 18.2 Å². The summed E-state index contributed by atoms with van der Waals surface area (Å²) in [6.45, 7) is -1.58. The van der Waals surface area contributed by atoms with Crippen molar-refractivity contribution >= 4 is 23.6 Å². The van der Waals surface area contributed by atoms with E-state index in [0.29, 0.717) is 17.8 Å². The van der Waals surface area contributed by atoms with Crippen LogP contribution >= 0.6 is 0 Å². The average Bonchev–Trinajstić information content (AvgIpc) is 3.15. The minimum Gasteiger partial charge on any atom is -0.434 e. The van der Waals surface area contributed by atoms with Gasteiger partial charge in [0, 0.05) is 23.9 Å². The molecule has 1 fully saturated rings. The first kappa shape index (κ1) is 21.4. The van der Waals surface area contributed by atoms with Gasteiger partial charge in [0.05, 0.1) is 6.04 Å². The molecule has 0 bridgehead atoms. The lowest BCUT2D eigenvalue weighted by Crippen LogP contribution is -2.39. The summed E-state index contributed by atoms with van der Waals surface area (Å²) in [7, 11) is 0. The van der Waals surface area contributed by atoms with Crippen LogP contribution in [-0.2, 0) is 16.1 Å². The molecule has 3 rings (SSSR count). The number of primary amides is 1. The lowest BCUT2D eigenvalue weighted by Gasteiger charge is -2.22. The fourth-order valence-electron chi connectivity index (χ4n) is 3.49. The van der Waals surface area contributed by atoms with Crippen molar-refractivity contribution < 1.29 is 23.1 Å². The number of likely N-dealkylation sites (tertiary alicyclic amines) is 1. The Morgan fingerprint density at radius 3 is 2.80 bits per heavy atom. The second-order valence-corrected chi connectivity index (χ2v) is 6.97. The van der Waals surface area contributed by atoms with Gasteiger partial charge in [0.15, 0.2) is 0 Å². The van der Waals surface area contributed by atoms with Crippen LogP contribution in [0, 0.1) is 0 Å². The van der Waals surface area contributed by atoms with E-state index in [9.17, 15) is 18.4 Å². The third-order valence-corrected chi connectivity index (χ3v) is 4.82. The van der Waals surface area contributed by atoms with Crippen molar-refractivity contribution in [2.75, 3.05) is 11.9 Å². The molecule has 2 aromatic carbocycles. The van der Waals surface area contributed by atoms with Crippen LogP contribution < -0.4 is 15.8 Å². The number of para-hydroxylation sites is 1. The number of nitrogens with two attached hydrogens (primary N) is 1. The number of benzene rings is 2. The van der Waals surface area contributed by atoms with Crippen molar-refractivity contribution in [3.8, 4) is 5.75 Å². The van der Waals surface area contributed by atoms with Crippen LogP contribution in [0.4, 0.5) is 14.5 Å². The molecule has 8 heteroatoms. The molecular weight excluding hydrogens is 392 g/mol. The van der Waals surface area contributed by atoms with Gasteiger partial charge in [-0.1, -0.05) is 30.3 Å². The second kappa shape index (κ2) is 9.98. The number of alkyl halides is 2. The molecule has 0 saturated carbocycles. The second-order valence-electron chi connectivity index (χ2n) is 6.97. The molecule has 1 aliphatic rings. The van der Waals surface area contributed by atoms with E-state index in [-0.39, 0.29) is 17.7 Å². The number of hydrogen-bond acceptors (Lipinski definition) is 4. The van der Waals surface area contributed by atoms with Crippen LogP contribution in [-0.4, -0.2) is 35.9 Å². The number of amides is 2. The Kier molecular flexibility index (Phi) is 7.13. The smallest absolute Gasteiger partial charge is 0.387 e. The summed E-state index contributed by atoms with van der Waals surface area (Å²) in [4.78, 5) is 25.8. The number of hydrogen-bond donors (Lipinski definition) is 2. The molecule has 2 aromatic rings. The van der Waals surface area contributed by atoms with Crippen LogP contribution in [0.25, 0.3) is 6.08 Å². The lowest BCUT2D eigenvalue weighted by molar-refractivity contribution is -0.122. The molecule has 0 aromatic heterocycles. The number of rotatable bonds is 8. The van der Waals surface area contributed by atoms with E-state index in [4.69, 9.17) is 5.73 Å². The topological polar surface area (TPSA) is 84.7 Å². The van der Waals surface area contributed by atoms with Crippen LogP contribution in [0.5, 0.6) is 5.75 Å². The zero-order chi connectivity index (χ0) is 21.5. The molecule has 1 saturated heterocycles.